The number of Topliss-reactive ketones (excluding diaryl/α,β-unsaturated/α-hetero) is 1. The van der Waals surface area contributed by atoms with Crippen LogP contribution in [0.5, 0.6) is 0 Å². The van der Waals surface area contributed by atoms with E-state index in [2.05, 4.69) is 10.6 Å². The summed E-state index contributed by atoms with van der Waals surface area (Å²) in [6.07, 6.45) is 4.70. The molecule has 2 bridgehead atoms. The number of piperidine rings is 1. The highest BCUT2D eigenvalue weighted by molar-refractivity contribution is 5.97. The molecular formula is C17H22ClFN2O2. The van der Waals surface area contributed by atoms with Crippen molar-refractivity contribution in [3.8, 4) is 0 Å². The molecule has 2 aliphatic rings. The minimum absolute atomic E-state index is 0. The lowest BCUT2D eigenvalue weighted by Gasteiger charge is -2.29. The zero-order valence-electron chi connectivity index (χ0n) is 12.9. The van der Waals surface area contributed by atoms with Gasteiger partial charge in [0.25, 0.3) is 0 Å². The first-order valence-electron chi connectivity index (χ1n) is 7.94. The van der Waals surface area contributed by atoms with E-state index >= 15 is 0 Å². The zero-order valence-corrected chi connectivity index (χ0v) is 13.7. The predicted molar refractivity (Wildman–Crippen MR) is 88.3 cm³/mol. The van der Waals surface area contributed by atoms with E-state index in [4.69, 9.17) is 0 Å². The van der Waals surface area contributed by atoms with Crippen molar-refractivity contribution in [3.63, 3.8) is 0 Å². The minimum Gasteiger partial charge on any atom is -0.353 e. The van der Waals surface area contributed by atoms with E-state index in [-0.39, 0.29) is 48.8 Å². The molecule has 2 aliphatic heterocycles. The van der Waals surface area contributed by atoms with Crippen LogP contribution < -0.4 is 10.6 Å². The number of rotatable bonds is 5. The molecule has 6 heteroatoms. The number of hydrogen-bond donors (Lipinski definition) is 2. The Morgan fingerprint density at radius 3 is 2.30 bits per heavy atom. The number of hydrogen-bond acceptors (Lipinski definition) is 3. The van der Waals surface area contributed by atoms with Gasteiger partial charge < -0.3 is 10.6 Å². The van der Waals surface area contributed by atoms with Crippen LogP contribution in [0.25, 0.3) is 0 Å². The number of carbonyl (C=O) groups excluding carboxylic acids is 2. The number of ketones is 1. The van der Waals surface area contributed by atoms with Crippen molar-refractivity contribution < 1.29 is 14.0 Å². The summed E-state index contributed by atoms with van der Waals surface area (Å²) in [4.78, 5) is 23.9. The topological polar surface area (TPSA) is 58.2 Å². The first-order chi connectivity index (χ1) is 10.6. The summed E-state index contributed by atoms with van der Waals surface area (Å²) in [5.41, 5.74) is 0.453. The van der Waals surface area contributed by atoms with Crippen molar-refractivity contribution >= 4 is 24.1 Å². The summed E-state index contributed by atoms with van der Waals surface area (Å²) < 4.78 is 12.8. The molecule has 2 fully saturated rings. The number of carbonyl (C=O) groups is 2. The number of benzene rings is 1. The fourth-order valence-corrected chi connectivity index (χ4v) is 3.48. The second-order valence-electron chi connectivity index (χ2n) is 6.30. The van der Waals surface area contributed by atoms with Gasteiger partial charge >= 0.3 is 0 Å². The van der Waals surface area contributed by atoms with Crippen LogP contribution in [0.15, 0.2) is 24.3 Å². The number of nitrogens with one attached hydrogen (secondary N) is 2. The number of fused-ring (bicyclic) bond motifs is 2. The van der Waals surface area contributed by atoms with Gasteiger partial charge in [-0.15, -0.1) is 12.4 Å². The SMILES string of the molecule is Cl.O=C(CCC(=O)c1ccc(F)cc1)NC1CC2CCC(C1)N2. The summed E-state index contributed by atoms with van der Waals surface area (Å²) >= 11 is 0. The third-order valence-electron chi connectivity index (χ3n) is 4.58. The van der Waals surface area contributed by atoms with Gasteiger partial charge in [0.2, 0.25) is 5.91 Å². The molecule has 1 aromatic rings. The van der Waals surface area contributed by atoms with Crippen molar-refractivity contribution in [2.24, 2.45) is 0 Å². The van der Waals surface area contributed by atoms with Crippen molar-refractivity contribution in [2.45, 2.75) is 56.7 Å². The molecule has 2 saturated heterocycles. The average Bonchev–Trinajstić information content (AvgIpc) is 2.84. The fraction of sp³-hybridized carbons (Fsp3) is 0.529. The third kappa shape index (κ3) is 4.75. The van der Waals surface area contributed by atoms with E-state index < -0.39 is 0 Å². The van der Waals surface area contributed by atoms with E-state index in [1.165, 1.54) is 37.1 Å². The Bertz CT molecular complexity index is 552. The maximum absolute atomic E-state index is 12.8. The predicted octanol–water partition coefficient (Wildman–Crippen LogP) is 2.61. The molecular weight excluding hydrogens is 319 g/mol. The van der Waals surface area contributed by atoms with Crippen LogP contribution in [0.3, 0.4) is 0 Å². The summed E-state index contributed by atoms with van der Waals surface area (Å²) in [7, 11) is 0. The molecule has 3 rings (SSSR count). The molecule has 0 aliphatic carbocycles. The Labute approximate surface area is 141 Å². The van der Waals surface area contributed by atoms with Crippen molar-refractivity contribution in [2.75, 3.05) is 0 Å². The molecule has 1 amide bonds. The molecule has 23 heavy (non-hydrogen) atoms. The molecule has 0 saturated carbocycles. The molecule has 0 radical (unpaired) electrons. The molecule has 2 unspecified atom stereocenters. The van der Waals surface area contributed by atoms with Crippen molar-refractivity contribution in [3.05, 3.63) is 35.6 Å². The van der Waals surface area contributed by atoms with Crippen LogP contribution >= 0.6 is 12.4 Å². The second kappa shape index (κ2) is 7.88. The molecule has 1 aromatic carbocycles. The Morgan fingerprint density at radius 1 is 1.09 bits per heavy atom. The lowest BCUT2D eigenvalue weighted by atomic mass is 9.99. The Balaban J connectivity index is 0.00000192. The quantitative estimate of drug-likeness (QED) is 0.810. The minimum atomic E-state index is -0.366. The maximum atomic E-state index is 12.8. The van der Waals surface area contributed by atoms with Gasteiger partial charge in [0.1, 0.15) is 5.82 Å². The van der Waals surface area contributed by atoms with Crippen LogP contribution in [-0.2, 0) is 4.79 Å². The monoisotopic (exact) mass is 340 g/mol. The lowest BCUT2D eigenvalue weighted by Crippen LogP contribution is -2.48. The van der Waals surface area contributed by atoms with Crippen LogP contribution in [0.2, 0.25) is 0 Å². The summed E-state index contributed by atoms with van der Waals surface area (Å²) in [5, 5.41) is 6.58. The molecule has 2 heterocycles. The summed E-state index contributed by atoms with van der Waals surface area (Å²) in [5.74, 6) is -0.558. The highest BCUT2D eigenvalue weighted by atomic mass is 35.5. The van der Waals surface area contributed by atoms with Gasteiger partial charge in [-0.2, -0.15) is 0 Å². The fourth-order valence-electron chi connectivity index (χ4n) is 3.48. The molecule has 2 N–H and O–H groups in total. The third-order valence-corrected chi connectivity index (χ3v) is 4.58. The standard InChI is InChI=1S/C17H21FN2O2.ClH/c18-12-3-1-11(2-4-12)16(21)7-8-17(22)20-15-9-13-5-6-14(10-15)19-13;/h1-4,13-15,19H,5-10H2,(H,20,22);1H. The van der Waals surface area contributed by atoms with E-state index in [0.29, 0.717) is 17.6 Å². The smallest absolute Gasteiger partial charge is 0.220 e. The molecule has 0 spiro atoms. The lowest BCUT2D eigenvalue weighted by molar-refractivity contribution is -0.122. The van der Waals surface area contributed by atoms with Gasteiger partial charge in [-0.1, -0.05) is 0 Å². The van der Waals surface area contributed by atoms with Crippen LogP contribution in [-0.4, -0.2) is 29.8 Å². The average molecular weight is 341 g/mol. The molecule has 126 valence electrons. The van der Waals surface area contributed by atoms with E-state index in [0.717, 1.165) is 12.8 Å². The van der Waals surface area contributed by atoms with Gasteiger partial charge in [-0.05, 0) is 49.9 Å². The summed E-state index contributed by atoms with van der Waals surface area (Å²) in [6.45, 7) is 0. The number of amides is 1. The van der Waals surface area contributed by atoms with Crippen molar-refractivity contribution in [1.29, 1.82) is 0 Å². The normalized spacial score (nSPS) is 25.5. The highest BCUT2D eigenvalue weighted by Crippen LogP contribution is 2.26. The Hall–Kier alpha value is -1.46. The first-order valence-corrected chi connectivity index (χ1v) is 7.94. The maximum Gasteiger partial charge on any atom is 0.220 e. The molecule has 0 aromatic heterocycles. The first kappa shape index (κ1) is 17.9. The van der Waals surface area contributed by atoms with Gasteiger partial charge in [0.15, 0.2) is 5.78 Å². The van der Waals surface area contributed by atoms with Crippen LogP contribution in [0.1, 0.15) is 48.9 Å². The van der Waals surface area contributed by atoms with Gasteiger partial charge in [0.05, 0.1) is 0 Å². The van der Waals surface area contributed by atoms with E-state index in [1.807, 2.05) is 0 Å². The van der Waals surface area contributed by atoms with Crippen LogP contribution in [0.4, 0.5) is 4.39 Å². The van der Waals surface area contributed by atoms with Gasteiger partial charge in [0, 0.05) is 36.5 Å². The molecule has 4 nitrogen and oxygen atoms in total. The second-order valence-corrected chi connectivity index (χ2v) is 6.30. The van der Waals surface area contributed by atoms with E-state index in [1.54, 1.807) is 0 Å². The van der Waals surface area contributed by atoms with Crippen LogP contribution in [0, 0.1) is 5.82 Å². The number of halogens is 2. The Morgan fingerprint density at radius 2 is 1.70 bits per heavy atom. The Kier molecular flexibility index (Phi) is 6.13. The highest BCUT2D eigenvalue weighted by Gasteiger charge is 2.33. The molecule has 2 atom stereocenters. The zero-order chi connectivity index (χ0) is 15.5. The largest absolute Gasteiger partial charge is 0.353 e. The van der Waals surface area contributed by atoms with Gasteiger partial charge in [-0.25, -0.2) is 4.39 Å². The van der Waals surface area contributed by atoms with Gasteiger partial charge in [-0.3, -0.25) is 9.59 Å². The van der Waals surface area contributed by atoms with E-state index in [9.17, 15) is 14.0 Å². The van der Waals surface area contributed by atoms with Crippen molar-refractivity contribution in [1.82, 2.24) is 10.6 Å². The summed E-state index contributed by atoms with van der Waals surface area (Å²) in [6, 6.07) is 6.73.